The maximum absolute atomic E-state index is 11.6. The standard InChI is InChI=1S/C12H15N3O2S2/c1-9-15-10(8-18-9)5-7-14-12-11(19(2,16)17)4-3-6-13-12/h3-4,6,8H,5,7H2,1-2H3,(H,13,14). The third kappa shape index (κ3) is 3.74. The molecule has 0 aliphatic heterocycles. The molecule has 2 rings (SSSR count). The molecule has 19 heavy (non-hydrogen) atoms. The van der Waals surface area contributed by atoms with E-state index in [9.17, 15) is 8.42 Å². The Bertz CT molecular complexity index is 665. The summed E-state index contributed by atoms with van der Waals surface area (Å²) in [5.74, 6) is 0.400. The topological polar surface area (TPSA) is 72.0 Å². The van der Waals surface area contributed by atoms with E-state index in [2.05, 4.69) is 15.3 Å². The van der Waals surface area contributed by atoms with Crippen molar-refractivity contribution in [3.05, 3.63) is 34.4 Å². The van der Waals surface area contributed by atoms with Gasteiger partial charge in [-0.3, -0.25) is 0 Å². The summed E-state index contributed by atoms with van der Waals surface area (Å²) < 4.78 is 23.2. The van der Waals surface area contributed by atoms with Gasteiger partial charge in [-0.1, -0.05) is 0 Å². The van der Waals surface area contributed by atoms with E-state index in [0.717, 1.165) is 17.1 Å². The average Bonchev–Trinajstić information content (AvgIpc) is 2.74. The summed E-state index contributed by atoms with van der Waals surface area (Å²) >= 11 is 1.61. The van der Waals surface area contributed by atoms with Gasteiger partial charge in [0, 0.05) is 30.8 Å². The Kier molecular flexibility index (Phi) is 4.16. The minimum atomic E-state index is -3.26. The molecule has 0 aliphatic carbocycles. The molecule has 0 spiro atoms. The van der Waals surface area contributed by atoms with Crippen LogP contribution in [0.25, 0.3) is 0 Å². The van der Waals surface area contributed by atoms with E-state index < -0.39 is 9.84 Å². The Morgan fingerprint density at radius 1 is 1.42 bits per heavy atom. The van der Waals surface area contributed by atoms with Crippen LogP contribution in [0, 0.1) is 6.92 Å². The largest absolute Gasteiger partial charge is 0.369 e. The molecule has 0 aliphatic rings. The fourth-order valence-corrected chi connectivity index (χ4v) is 3.10. The summed E-state index contributed by atoms with van der Waals surface area (Å²) in [6.07, 6.45) is 3.49. The third-order valence-corrected chi connectivity index (χ3v) is 4.46. The highest BCUT2D eigenvalue weighted by atomic mass is 32.2. The number of aryl methyl sites for hydroxylation is 1. The molecule has 0 saturated heterocycles. The van der Waals surface area contributed by atoms with Gasteiger partial charge in [0.2, 0.25) is 0 Å². The first-order valence-corrected chi connectivity index (χ1v) is 8.54. The zero-order valence-corrected chi connectivity index (χ0v) is 12.4. The molecule has 0 saturated carbocycles. The quantitative estimate of drug-likeness (QED) is 0.912. The van der Waals surface area contributed by atoms with E-state index in [-0.39, 0.29) is 4.90 Å². The average molecular weight is 297 g/mol. The van der Waals surface area contributed by atoms with Gasteiger partial charge in [-0.25, -0.2) is 18.4 Å². The molecular weight excluding hydrogens is 282 g/mol. The minimum absolute atomic E-state index is 0.226. The van der Waals surface area contributed by atoms with Crippen molar-refractivity contribution in [3.63, 3.8) is 0 Å². The van der Waals surface area contributed by atoms with Crippen LogP contribution in [0.3, 0.4) is 0 Å². The Labute approximate surface area is 116 Å². The number of nitrogens with one attached hydrogen (secondary N) is 1. The molecule has 0 atom stereocenters. The van der Waals surface area contributed by atoms with Crippen LogP contribution in [0.4, 0.5) is 5.82 Å². The second-order valence-corrected chi connectivity index (χ2v) is 7.20. The van der Waals surface area contributed by atoms with Gasteiger partial charge in [0.05, 0.1) is 10.7 Å². The fraction of sp³-hybridized carbons (Fsp3) is 0.333. The van der Waals surface area contributed by atoms with Crippen molar-refractivity contribution >= 4 is 27.0 Å². The monoisotopic (exact) mass is 297 g/mol. The summed E-state index contributed by atoms with van der Waals surface area (Å²) in [7, 11) is -3.26. The lowest BCUT2D eigenvalue weighted by Crippen LogP contribution is -2.10. The first-order chi connectivity index (χ1) is 8.97. The number of thiazole rings is 1. The van der Waals surface area contributed by atoms with Crippen molar-refractivity contribution in [2.45, 2.75) is 18.2 Å². The second kappa shape index (κ2) is 5.66. The molecule has 2 heterocycles. The number of nitrogens with zero attached hydrogens (tertiary/aromatic N) is 2. The van der Waals surface area contributed by atoms with E-state index >= 15 is 0 Å². The van der Waals surface area contributed by atoms with E-state index in [0.29, 0.717) is 12.4 Å². The molecule has 7 heteroatoms. The number of anilines is 1. The molecule has 0 bridgehead atoms. The molecule has 0 unspecified atom stereocenters. The Balaban J connectivity index is 2.04. The van der Waals surface area contributed by atoms with Gasteiger partial charge < -0.3 is 5.32 Å². The molecule has 102 valence electrons. The second-order valence-electron chi connectivity index (χ2n) is 4.16. The lowest BCUT2D eigenvalue weighted by Gasteiger charge is -2.08. The summed E-state index contributed by atoms with van der Waals surface area (Å²) in [5, 5.41) is 6.09. The molecule has 5 nitrogen and oxygen atoms in total. The van der Waals surface area contributed by atoms with Crippen LogP contribution in [-0.4, -0.2) is 31.2 Å². The number of rotatable bonds is 5. The Hall–Kier alpha value is -1.47. The summed E-state index contributed by atoms with van der Waals surface area (Å²) in [6.45, 7) is 2.56. The maximum Gasteiger partial charge on any atom is 0.179 e. The first kappa shape index (κ1) is 14.0. The summed E-state index contributed by atoms with van der Waals surface area (Å²) in [4.78, 5) is 8.65. The van der Waals surface area contributed by atoms with Crippen LogP contribution < -0.4 is 5.32 Å². The van der Waals surface area contributed by atoms with Crippen molar-refractivity contribution in [3.8, 4) is 0 Å². The van der Waals surface area contributed by atoms with Crippen molar-refractivity contribution in [2.24, 2.45) is 0 Å². The summed E-state index contributed by atoms with van der Waals surface area (Å²) in [5.41, 5.74) is 1.01. The first-order valence-electron chi connectivity index (χ1n) is 5.77. The lowest BCUT2D eigenvalue weighted by molar-refractivity contribution is 0.602. The number of hydrogen-bond donors (Lipinski definition) is 1. The molecule has 1 N–H and O–H groups in total. The molecule has 2 aromatic heterocycles. The van der Waals surface area contributed by atoms with Crippen LogP contribution >= 0.6 is 11.3 Å². The van der Waals surface area contributed by atoms with Crippen LogP contribution in [0.5, 0.6) is 0 Å². The smallest absolute Gasteiger partial charge is 0.179 e. The number of hydrogen-bond acceptors (Lipinski definition) is 6. The van der Waals surface area contributed by atoms with Crippen LogP contribution in [0.15, 0.2) is 28.6 Å². The SMILES string of the molecule is Cc1nc(CCNc2ncccc2S(C)(=O)=O)cs1. The molecule has 2 aromatic rings. The van der Waals surface area contributed by atoms with Crippen molar-refractivity contribution in [1.29, 1.82) is 0 Å². The van der Waals surface area contributed by atoms with Gasteiger partial charge in [0.1, 0.15) is 10.7 Å². The Morgan fingerprint density at radius 3 is 2.84 bits per heavy atom. The number of sulfone groups is 1. The molecule has 0 radical (unpaired) electrons. The molecule has 0 fully saturated rings. The maximum atomic E-state index is 11.6. The third-order valence-electron chi connectivity index (χ3n) is 2.51. The van der Waals surface area contributed by atoms with E-state index in [4.69, 9.17) is 0 Å². The van der Waals surface area contributed by atoms with E-state index in [1.165, 1.54) is 6.26 Å². The zero-order valence-electron chi connectivity index (χ0n) is 10.8. The van der Waals surface area contributed by atoms with Gasteiger partial charge >= 0.3 is 0 Å². The van der Waals surface area contributed by atoms with E-state index in [1.807, 2.05) is 12.3 Å². The van der Waals surface area contributed by atoms with Crippen molar-refractivity contribution in [1.82, 2.24) is 9.97 Å². The summed E-state index contributed by atoms with van der Waals surface area (Å²) in [6, 6.07) is 3.17. The van der Waals surface area contributed by atoms with Gasteiger partial charge in [-0.2, -0.15) is 0 Å². The predicted molar refractivity (Wildman–Crippen MR) is 76.4 cm³/mol. The van der Waals surface area contributed by atoms with Crippen LogP contribution in [-0.2, 0) is 16.3 Å². The van der Waals surface area contributed by atoms with Crippen molar-refractivity contribution < 1.29 is 8.42 Å². The van der Waals surface area contributed by atoms with Crippen molar-refractivity contribution in [2.75, 3.05) is 18.1 Å². The van der Waals surface area contributed by atoms with Gasteiger partial charge in [-0.05, 0) is 19.1 Å². The van der Waals surface area contributed by atoms with E-state index in [1.54, 1.807) is 29.7 Å². The van der Waals surface area contributed by atoms with Crippen LogP contribution in [0.1, 0.15) is 10.7 Å². The molecule has 0 aromatic carbocycles. The Morgan fingerprint density at radius 2 is 2.21 bits per heavy atom. The molecule has 0 amide bonds. The van der Waals surface area contributed by atoms with Crippen LogP contribution in [0.2, 0.25) is 0 Å². The van der Waals surface area contributed by atoms with Gasteiger partial charge in [0.25, 0.3) is 0 Å². The number of aromatic nitrogens is 2. The van der Waals surface area contributed by atoms with Gasteiger partial charge in [-0.15, -0.1) is 11.3 Å². The predicted octanol–water partition coefficient (Wildman–Crippen LogP) is 1.90. The molecular formula is C12H15N3O2S2. The highest BCUT2D eigenvalue weighted by Crippen LogP contribution is 2.17. The zero-order chi connectivity index (χ0) is 13.9. The highest BCUT2D eigenvalue weighted by molar-refractivity contribution is 7.90. The highest BCUT2D eigenvalue weighted by Gasteiger charge is 2.13. The fourth-order valence-electron chi connectivity index (χ4n) is 1.65. The van der Waals surface area contributed by atoms with Gasteiger partial charge in [0.15, 0.2) is 9.84 Å². The number of pyridine rings is 1. The normalized spacial score (nSPS) is 11.5. The minimum Gasteiger partial charge on any atom is -0.369 e. The lowest BCUT2D eigenvalue weighted by atomic mass is 10.3.